The van der Waals surface area contributed by atoms with Crippen molar-refractivity contribution in [2.24, 2.45) is 0 Å². The van der Waals surface area contributed by atoms with E-state index < -0.39 is 17.3 Å². The molecule has 0 saturated carbocycles. The molecule has 1 aromatic carbocycles. The molecular formula is C22H27N5O6. The van der Waals surface area contributed by atoms with Crippen LogP contribution >= 0.6 is 0 Å². The summed E-state index contributed by atoms with van der Waals surface area (Å²) in [6.07, 6.45) is -0.385. The number of amides is 1. The number of nitrogen functional groups attached to an aromatic ring is 1. The van der Waals surface area contributed by atoms with Crippen molar-refractivity contribution in [3.8, 4) is 23.3 Å². The van der Waals surface area contributed by atoms with Crippen LogP contribution in [0.5, 0.6) is 5.88 Å². The Balaban J connectivity index is 1.89. The van der Waals surface area contributed by atoms with Gasteiger partial charge in [0.2, 0.25) is 5.88 Å². The smallest absolute Gasteiger partial charge is 0.284 e. The molecule has 0 radical (unpaired) electrons. The second-order valence-corrected chi connectivity index (χ2v) is 8.60. The second-order valence-electron chi connectivity index (χ2n) is 8.60. The Hall–Kier alpha value is -3.30. The van der Waals surface area contributed by atoms with E-state index in [1.807, 2.05) is 0 Å². The molecule has 1 saturated heterocycles. The van der Waals surface area contributed by atoms with Crippen LogP contribution in [0, 0.1) is 11.3 Å². The van der Waals surface area contributed by atoms with Crippen molar-refractivity contribution < 1.29 is 28.9 Å². The second kappa shape index (κ2) is 9.68. The van der Waals surface area contributed by atoms with Gasteiger partial charge in [-0.25, -0.2) is 10.5 Å². The van der Waals surface area contributed by atoms with Crippen LogP contribution in [0.25, 0.3) is 11.4 Å². The van der Waals surface area contributed by atoms with Crippen molar-refractivity contribution in [1.82, 2.24) is 15.4 Å². The normalized spacial score (nSPS) is 17.4. The number of nitrogens with two attached hydrogens (primary N) is 1. The van der Waals surface area contributed by atoms with Gasteiger partial charge in [0.15, 0.2) is 11.6 Å². The van der Waals surface area contributed by atoms with E-state index in [-0.39, 0.29) is 42.4 Å². The first-order valence-corrected chi connectivity index (χ1v) is 10.2. The first kappa shape index (κ1) is 24.3. The van der Waals surface area contributed by atoms with E-state index in [9.17, 15) is 15.2 Å². The third-order valence-corrected chi connectivity index (χ3v) is 4.44. The molecule has 2 aromatic rings. The van der Waals surface area contributed by atoms with Crippen molar-refractivity contribution in [3.63, 3.8) is 0 Å². The van der Waals surface area contributed by atoms with Gasteiger partial charge in [0.1, 0.15) is 30.7 Å². The van der Waals surface area contributed by atoms with Crippen LogP contribution in [0.2, 0.25) is 0 Å². The molecule has 4 N–H and O–H groups in total. The lowest BCUT2D eigenvalue weighted by Crippen LogP contribution is -2.34. The molecule has 2 heterocycles. The minimum atomic E-state index is -1.16. The van der Waals surface area contributed by atoms with Gasteiger partial charge in [-0.2, -0.15) is 10.2 Å². The maximum Gasteiger partial charge on any atom is 0.284 e. The Kier molecular flexibility index (Phi) is 7.14. The van der Waals surface area contributed by atoms with Crippen LogP contribution in [-0.4, -0.2) is 58.3 Å². The average Bonchev–Trinajstić information content (AvgIpc) is 3.09. The minimum absolute atomic E-state index is 0.0440. The van der Waals surface area contributed by atoms with E-state index in [4.69, 9.17) is 24.8 Å². The molecule has 1 amide bonds. The number of hydrogen-bond donors (Lipinski definition) is 3. The highest BCUT2D eigenvalue weighted by molar-refractivity contribution is 6.00. The molecule has 11 heteroatoms. The van der Waals surface area contributed by atoms with E-state index in [1.54, 1.807) is 38.1 Å². The van der Waals surface area contributed by atoms with Gasteiger partial charge in [0.25, 0.3) is 5.91 Å². The number of carbonyl (C=O) groups excluding carboxylic acids is 1. The average molecular weight is 457 g/mol. The van der Waals surface area contributed by atoms with Crippen molar-refractivity contribution in [2.45, 2.75) is 45.2 Å². The molecule has 33 heavy (non-hydrogen) atoms. The predicted molar refractivity (Wildman–Crippen MR) is 117 cm³/mol. The first-order valence-electron chi connectivity index (χ1n) is 10.2. The number of nitriles is 1. The summed E-state index contributed by atoms with van der Waals surface area (Å²) in [6, 6.07) is 8.69. The van der Waals surface area contributed by atoms with Gasteiger partial charge in [-0.05, 0) is 39.8 Å². The van der Waals surface area contributed by atoms with Crippen molar-refractivity contribution in [2.75, 3.05) is 25.6 Å². The zero-order valence-corrected chi connectivity index (χ0v) is 18.9. The SMILES string of the molecule is CC(C)(O)CONC(=O)c1c(N)nc(-c2cccc(C#N)c2)nc1OCC1COC(C)(C)O1. The van der Waals surface area contributed by atoms with Crippen LogP contribution in [-0.2, 0) is 14.3 Å². The van der Waals surface area contributed by atoms with Crippen LogP contribution in [0.1, 0.15) is 43.6 Å². The molecular weight excluding hydrogens is 430 g/mol. The van der Waals surface area contributed by atoms with Gasteiger partial charge in [-0.3, -0.25) is 9.63 Å². The fourth-order valence-corrected chi connectivity index (χ4v) is 2.98. The highest BCUT2D eigenvalue weighted by Crippen LogP contribution is 2.28. The lowest BCUT2D eigenvalue weighted by molar-refractivity contribution is -0.141. The van der Waals surface area contributed by atoms with E-state index in [2.05, 4.69) is 21.5 Å². The molecule has 1 aliphatic rings. The molecule has 11 nitrogen and oxygen atoms in total. The first-order chi connectivity index (χ1) is 15.5. The molecule has 0 aliphatic carbocycles. The lowest BCUT2D eigenvalue weighted by atomic mass is 10.1. The zero-order chi connectivity index (χ0) is 24.2. The van der Waals surface area contributed by atoms with Crippen LogP contribution in [0.3, 0.4) is 0 Å². The van der Waals surface area contributed by atoms with Gasteiger partial charge in [-0.15, -0.1) is 0 Å². The van der Waals surface area contributed by atoms with Crippen LogP contribution in [0.15, 0.2) is 24.3 Å². The van der Waals surface area contributed by atoms with Crippen molar-refractivity contribution in [1.29, 1.82) is 5.26 Å². The van der Waals surface area contributed by atoms with Gasteiger partial charge in [-0.1, -0.05) is 12.1 Å². The number of carbonyl (C=O) groups is 1. The number of ether oxygens (including phenoxy) is 3. The summed E-state index contributed by atoms with van der Waals surface area (Å²) in [5, 5.41) is 18.9. The maximum atomic E-state index is 12.8. The molecule has 0 bridgehead atoms. The van der Waals surface area contributed by atoms with Gasteiger partial charge in [0, 0.05) is 5.56 Å². The minimum Gasteiger partial charge on any atom is -0.474 e. The summed E-state index contributed by atoms with van der Waals surface area (Å²) in [4.78, 5) is 26.4. The quantitative estimate of drug-likeness (QED) is 0.496. The number of rotatable bonds is 8. The van der Waals surface area contributed by atoms with Crippen molar-refractivity contribution >= 4 is 11.7 Å². The largest absolute Gasteiger partial charge is 0.474 e. The summed E-state index contributed by atoms with van der Waals surface area (Å²) >= 11 is 0. The topological polar surface area (TPSA) is 162 Å². The zero-order valence-electron chi connectivity index (χ0n) is 18.9. The summed E-state index contributed by atoms with van der Waals surface area (Å²) in [6.45, 7) is 6.82. The number of aromatic nitrogens is 2. The Labute approximate surface area is 191 Å². The Morgan fingerprint density at radius 3 is 2.82 bits per heavy atom. The Morgan fingerprint density at radius 2 is 2.18 bits per heavy atom. The molecule has 1 aliphatic heterocycles. The summed E-state index contributed by atoms with van der Waals surface area (Å²) < 4.78 is 17.1. The third kappa shape index (κ3) is 6.59. The predicted octanol–water partition coefficient (Wildman–Crippen LogP) is 1.56. The van der Waals surface area contributed by atoms with E-state index in [0.29, 0.717) is 17.7 Å². The summed E-state index contributed by atoms with van der Waals surface area (Å²) in [5.41, 5.74) is 7.96. The monoisotopic (exact) mass is 457 g/mol. The fourth-order valence-electron chi connectivity index (χ4n) is 2.98. The van der Waals surface area contributed by atoms with E-state index in [1.165, 1.54) is 13.8 Å². The third-order valence-electron chi connectivity index (χ3n) is 4.44. The molecule has 1 unspecified atom stereocenters. The van der Waals surface area contributed by atoms with Crippen molar-refractivity contribution in [3.05, 3.63) is 35.4 Å². The van der Waals surface area contributed by atoms with Crippen LogP contribution < -0.4 is 16.0 Å². The molecule has 0 spiro atoms. The van der Waals surface area contributed by atoms with E-state index >= 15 is 0 Å². The number of benzene rings is 1. The number of nitrogens with zero attached hydrogens (tertiary/aromatic N) is 3. The standard InChI is InChI=1S/C22H27N5O6/c1-21(2,29)12-32-27-19(28)16-17(24)25-18(14-7-5-6-13(8-14)9-23)26-20(16)30-10-15-11-31-22(3,4)33-15/h5-8,15,29H,10-12H2,1-4H3,(H,27,28)(H2,24,25,26). The molecule has 3 rings (SSSR count). The maximum absolute atomic E-state index is 12.8. The molecule has 1 aromatic heterocycles. The summed E-state index contributed by atoms with van der Waals surface area (Å²) in [7, 11) is 0. The summed E-state index contributed by atoms with van der Waals surface area (Å²) in [5.74, 6) is -1.54. The van der Waals surface area contributed by atoms with Crippen LogP contribution in [0.4, 0.5) is 5.82 Å². The molecule has 1 atom stereocenters. The number of hydrogen-bond acceptors (Lipinski definition) is 10. The number of anilines is 1. The molecule has 176 valence electrons. The molecule has 1 fully saturated rings. The fraction of sp³-hybridized carbons (Fsp3) is 0.455. The number of aliphatic hydroxyl groups is 1. The Morgan fingerprint density at radius 1 is 1.42 bits per heavy atom. The number of nitrogens with one attached hydrogen (secondary N) is 1. The van der Waals surface area contributed by atoms with E-state index in [0.717, 1.165) is 0 Å². The van der Waals surface area contributed by atoms with Gasteiger partial charge >= 0.3 is 0 Å². The highest BCUT2D eigenvalue weighted by atomic mass is 16.7. The van der Waals surface area contributed by atoms with Gasteiger partial charge in [0.05, 0.1) is 23.8 Å². The number of hydroxylamine groups is 1. The lowest BCUT2D eigenvalue weighted by Gasteiger charge is -2.19. The Bertz CT molecular complexity index is 1060. The van der Waals surface area contributed by atoms with Gasteiger partial charge < -0.3 is 25.1 Å². The highest BCUT2D eigenvalue weighted by Gasteiger charge is 2.33.